The number of hydrogen-bond donors (Lipinski definition) is 1. The van der Waals surface area contributed by atoms with E-state index in [4.69, 9.17) is 0 Å². The molecule has 0 atom stereocenters. The van der Waals surface area contributed by atoms with Crippen molar-refractivity contribution in [1.29, 1.82) is 0 Å². The van der Waals surface area contributed by atoms with Gasteiger partial charge in [0.05, 0.1) is 4.92 Å². The fraction of sp³-hybridized carbons (Fsp3) is 0.571. The van der Waals surface area contributed by atoms with Crippen LogP contribution in [0.3, 0.4) is 0 Å². The number of hydrogen-bond acceptors (Lipinski definition) is 3. The maximum atomic E-state index is 10.9. The molecule has 0 bridgehead atoms. The van der Waals surface area contributed by atoms with Crippen LogP contribution in [0.1, 0.15) is 33.3 Å². The van der Waals surface area contributed by atoms with Crippen molar-refractivity contribution in [2.75, 3.05) is 6.54 Å². The lowest BCUT2D eigenvalue weighted by atomic mass is 9.81. The van der Waals surface area contributed by atoms with Gasteiger partial charge in [0.1, 0.15) is 0 Å². The van der Waals surface area contributed by atoms with Gasteiger partial charge in [-0.25, -0.2) is 0 Å². The van der Waals surface area contributed by atoms with E-state index in [0.717, 1.165) is 12.1 Å². The van der Waals surface area contributed by atoms with E-state index in [1.165, 1.54) is 0 Å². The zero-order valence-electron chi connectivity index (χ0n) is 11.6. The molecule has 4 heteroatoms. The van der Waals surface area contributed by atoms with Crippen LogP contribution in [0.5, 0.6) is 0 Å². The molecule has 1 N–H and O–H groups in total. The van der Waals surface area contributed by atoms with Crippen LogP contribution >= 0.6 is 0 Å². The topological polar surface area (TPSA) is 55.2 Å². The monoisotopic (exact) mass is 250 g/mol. The molecular weight excluding hydrogens is 228 g/mol. The molecule has 0 aliphatic rings. The van der Waals surface area contributed by atoms with Gasteiger partial charge >= 0.3 is 0 Å². The predicted octanol–water partition coefficient (Wildman–Crippen LogP) is 3.37. The molecule has 0 aliphatic carbocycles. The third-order valence-electron chi connectivity index (χ3n) is 3.65. The van der Waals surface area contributed by atoms with Crippen LogP contribution in [-0.4, -0.2) is 11.5 Å². The number of nitro benzene ring substituents is 1. The number of benzene rings is 1. The number of rotatable bonds is 6. The summed E-state index contributed by atoms with van der Waals surface area (Å²) in [5, 5.41) is 14.2. The predicted molar refractivity (Wildman–Crippen MR) is 73.4 cm³/mol. The van der Waals surface area contributed by atoms with Crippen molar-refractivity contribution in [1.82, 2.24) is 5.32 Å². The second-order valence-corrected chi connectivity index (χ2v) is 5.63. The van der Waals surface area contributed by atoms with Gasteiger partial charge in [0.15, 0.2) is 0 Å². The minimum Gasteiger partial charge on any atom is -0.312 e. The zero-order valence-corrected chi connectivity index (χ0v) is 11.6. The summed E-state index contributed by atoms with van der Waals surface area (Å²) in [6.07, 6.45) is 0. The molecule has 4 nitrogen and oxygen atoms in total. The molecule has 0 radical (unpaired) electrons. The zero-order chi connectivity index (χ0) is 13.8. The summed E-state index contributed by atoms with van der Waals surface area (Å²) in [4.78, 5) is 10.5. The van der Waals surface area contributed by atoms with Gasteiger partial charge in [0, 0.05) is 24.7 Å². The highest BCUT2D eigenvalue weighted by Crippen LogP contribution is 2.25. The molecule has 1 rings (SSSR count). The Bertz CT molecular complexity index is 414. The smallest absolute Gasteiger partial charge is 0.273 e. The first-order chi connectivity index (χ1) is 8.34. The van der Waals surface area contributed by atoms with E-state index < -0.39 is 0 Å². The Kier molecular flexibility index (Phi) is 4.84. The molecule has 0 aliphatic heterocycles. The first-order valence-corrected chi connectivity index (χ1v) is 6.27. The molecule has 0 saturated carbocycles. The van der Waals surface area contributed by atoms with E-state index in [0.29, 0.717) is 12.5 Å². The second kappa shape index (κ2) is 5.96. The van der Waals surface area contributed by atoms with E-state index in [9.17, 15) is 10.1 Å². The number of nitrogens with one attached hydrogen (secondary N) is 1. The van der Waals surface area contributed by atoms with Crippen molar-refractivity contribution < 1.29 is 4.92 Å². The van der Waals surface area contributed by atoms with Gasteiger partial charge in [-0.3, -0.25) is 10.1 Å². The molecule has 0 fully saturated rings. The van der Waals surface area contributed by atoms with Gasteiger partial charge in [-0.15, -0.1) is 0 Å². The lowest BCUT2D eigenvalue weighted by Crippen LogP contribution is -2.33. The standard InChI is InChI=1S/C14H22N2O2/c1-11(2)14(3,4)10-15-9-12-7-5-6-8-13(12)16(17)18/h5-8,11,15H,9-10H2,1-4H3. The Morgan fingerprint density at radius 3 is 2.50 bits per heavy atom. The summed E-state index contributed by atoms with van der Waals surface area (Å²) in [7, 11) is 0. The Morgan fingerprint density at radius 1 is 1.33 bits per heavy atom. The van der Waals surface area contributed by atoms with Crippen LogP contribution in [0.15, 0.2) is 24.3 Å². The van der Waals surface area contributed by atoms with Crippen LogP contribution in [0, 0.1) is 21.4 Å². The normalized spacial score (nSPS) is 11.8. The van der Waals surface area contributed by atoms with Crippen molar-refractivity contribution in [3.05, 3.63) is 39.9 Å². The Hall–Kier alpha value is -1.42. The van der Waals surface area contributed by atoms with Crippen LogP contribution < -0.4 is 5.32 Å². The number of nitro groups is 1. The lowest BCUT2D eigenvalue weighted by molar-refractivity contribution is -0.385. The summed E-state index contributed by atoms with van der Waals surface area (Å²) in [5.74, 6) is 0.566. The van der Waals surface area contributed by atoms with Crippen LogP contribution in [-0.2, 0) is 6.54 Å². The second-order valence-electron chi connectivity index (χ2n) is 5.63. The van der Waals surface area contributed by atoms with Gasteiger partial charge in [-0.05, 0) is 11.3 Å². The van der Waals surface area contributed by atoms with Crippen LogP contribution in [0.2, 0.25) is 0 Å². The summed E-state index contributed by atoms with van der Waals surface area (Å²) >= 11 is 0. The van der Waals surface area contributed by atoms with Gasteiger partial charge in [-0.2, -0.15) is 0 Å². The lowest BCUT2D eigenvalue weighted by Gasteiger charge is -2.29. The maximum Gasteiger partial charge on any atom is 0.273 e. The fourth-order valence-electron chi connectivity index (χ4n) is 1.56. The van der Waals surface area contributed by atoms with E-state index in [1.54, 1.807) is 18.2 Å². The summed E-state index contributed by atoms with van der Waals surface area (Å²) in [6.45, 7) is 10.2. The molecule has 18 heavy (non-hydrogen) atoms. The molecule has 0 spiro atoms. The van der Waals surface area contributed by atoms with Crippen molar-refractivity contribution in [3.63, 3.8) is 0 Å². The number of nitrogens with zero attached hydrogens (tertiary/aromatic N) is 1. The molecule has 0 heterocycles. The van der Waals surface area contributed by atoms with Crippen molar-refractivity contribution in [3.8, 4) is 0 Å². The summed E-state index contributed by atoms with van der Waals surface area (Å²) in [6, 6.07) is 6.87. The highest BCUT2D eigenvalue weighted by Gasteiger charge is 2.22. The first kappa shape index (κ1) is 14.6. The third-order valence-corrected chi connectivity index (χ3v) is 3.65. The SMILES string of the molecule is CC(C)C(C)(C)CNCc1ccccc1[N+](=O)[O-]. The van der Waals surface area contributed by atoms with Crippen LogP contribution in [0.25, 0.3) is 0 Å². The molecule has 1 aromatic rings. The van der Waals surface area contributed by atoms with E-state index in [-0.39, 0.29) is 16.0 Å². The molecule has 0 amide bonds. The molecule has 0 aromatic heterocycles. The van der Waals surface area contributed by atoms with Crippen molar-refractivity contribution in [2.24, 2.45) is 11.3 Å². The fourth-order valence-corrected chi connectivity index (χ4v) is 1.56. The largest absolute Gasteiger partial charge is 0.312 e. The Labute approximate surface area is 109 Å². The van der Waals surface area contributed by atoms with Gasteiger partial charge in [0.25, 0.3) is 5.69 Å². The van der Waals surface area contributed by atoms with E-state index in [2.05, 4.69) is 33.0 Å². The summed E-state index contributed by atoms with van der Waals surface area (Å²) in [5.41, 5.74) is 1.11. The molecule has 100 valence electrons. The number of para-hydroxylation sites is 1. The van der Waals surface area contributed by atoms with E-state index >= 15 is 0 Å². The molecular formula is C14H22N2O2. The molecule has 0 saturated heterocycles. The summed E-state index contributed by atoms with van der Waals surface area (Å²) < 4.78 is 0. The minimum absolute atomic E-state index is 0.184. The van der Waals surface area contributed by atoms with Gasteiger partial charge in [0.2, 0.25) is 0 Å². The highest BCUT2D eigenvalue weighted by molar-refractivity contribution is 5.39. The molecule has 1 aromatic carbocycles. The van der Waals surface area contributed by atoms with Gasteiger partial charge in [-0.1, -0.05) is 45.9 Å². The Balaban J connectivity index is 2.62. The quantitative estimate of drug-likeness (QED) is 0.622. The first-order valence-electron chi connectivity index (χ1n) is 6.27. The van der Waals surface area contributed by atoms with Crippen molar-refractivity contribution >= 4 is 5.69 Å². The average Bonchev–Trinajstić information content (AvgIpc) is 2.29. The average molecular weight is 250 g/mol. The van der Waals surface area contributed by atoms with Crippen molar-refractivity contribution in [2.45, 2.75) is 34.2 Å². The van der Waals surface area contributed by atoms with E-state index in [1.807, 2.05) is 6.07 Å². The Morgan fingerprint density at radius 2 is 1.94 bits per heavy atom. The molecule has 0 unspecified atom stereocenters. The maximum absolute atomic E-state index is 10.9. The van der Waals surface area contributed by atoms with Gasteiger partial charge < -0.3 is 5.32 Å². The van der Waals surface area contributed by atoms with Crippen LogP contribution in [0.4, 0.5) is 5.69 Å². The highest BCUT2D eigenvalue weighted by atomic mass is 16.6. The third kappa shape index (κ3) is 3.81. The minimum atomic E-state index is -0.329.